The minimum Gasteiger partial charge on any atom is -0.542 e. The molecule has 0 fully saturated rings. The van der Waals surface area contributed by atoms with Crippen LogP contribution in [0.25, 0.3) is 11.1 Å². The summed E-state index contributed by atoms with van der Waals surface area (Å²) in [5, 5.41) is 13.7. The van der Waals surface area contributed by atoms with Crippen LogP contribution in [0.4, 0.5) is 0 Å². The third-order valence-corrected chi connectivity index (χ3v) is 1.26. The summed E-state index contributed by atoms with van der Waals surface area (Å²) in [6.07, 6.45) is 0. The lowest BCUT2D eigenvalue weighted by Gasteiger charge is -1.71. The number of hydrogen-bond acceptors (Lipinski definition) is 2. The molecule has 0 aromatic carbocycles. The summed E-state index contributed by atoms with van der Waals surface area (Å²) in [5.74, 6) is -0.319. The Morgan fingerprint density at radius 2 is 1.14 bits per heavy atom. The van der Waals surface area contributed by atoms with Gasteiger partial charge in [0.1, 0.15) is 0 Å². The Morgan fingerprint density at radius 1 is 0.714 bits per heavy atom. The van der Waals surface area contributed by atoms with Gasteiger partial charge in [-0.3, -0.25) is 0 Å². The minimum atomic E-state index is -0.202. The lowest BCUT2D eigenvalue weighted by molar-refractivity contribution is -0.00882. The Balaban J connectivity index is 2.38. The van der Waals surface area contributed by atoms with Gasteiger partial charge in [0, 0.05) is 0 Å². The van der Waals surface area contributed by atoms with Crippen LogP contribution < -0.4 is 0 Å². The highest BCUT2D eigenvalue weighted by Crippen LogP contribution is 2.05. The largest absolute Gasteiger partial charge is 0.542 e. The molecule has 2 aliphatic heterocycles. The second kappa shape index (κ2) is 2.98. The molecule has 14 heavy (non-hydrogen) atoms. The predicted molar refractivity (Wildman–Crippen MR) is 41.8 cm³/mol. The fourth-order valence-corrected chi connectivity index (χ4v) is 0.737. The molecule has 10 heteroatoms. The van der Waals surface area contributed by atoms with Gasteiger partial charge in [-0.05, 0) is 20.2 Å². The first-order valence-corrected chi connectivity index (χ1v) is 3.29. The summed E-state index contributed by atoms with van der Waals surface area (Å²) < 4.78 is 0. The summed E-state index contributed by atoms with van der Waals surface area (Å²) in [6, 6.07) is 0. The SMILES string of the molecule is [N-]=[N+]=C1N=NC(C2=NC(=[N+]=[N-])N=N2)=N1. The van der Waals surface area contributed by atoms with E-state index in [4.69, 9.17) is 11.1 Å². The number of rotatable bonds is 1. The molecule has 0 amide bonds. The minimum absolute atomic E-state index is 0.0419. The molecule has 0 saturated carbocycles. The van der Waals surface area contributed by atoms with Crippen LogP contribution in [0.5, 0.6) is 0 Å². The normalized spacial score (nSPS) is 18.0. The standard InChI is InChI=1S/C4N10/c5-9-3-7-1(11-13-3)2-8-4(10-6)14-12-2. The Morgan fingerprint density at radius 3 is 1.43 bits per heavy atom. The van der Waals surface area contributed by atoms with Crippen LogP contribution in [0.2, 0.25) is 0 Å². The summed E-state index contributed by atoms with van der Waals surface area (Å²) in [7, 11) is 0. The van der Waals surface area contributed by atoms with Gasteiger partial charge >= 0.3 is 23.6 Å². The number of amidine groups is 2. The van der Waals surface area contributed by atoms with Crippen molar-refractivity contribution in [2.24, 2.45) is 30.4 Å². The number of nitrogens with zero attached hydrogens (tertiary/aromatic N) is 10. The van der Waals surface area contributed by atoms with Crippen LogP contribution in [0.15, 0.2) is 30.4 Å². The lowest BCUT2D eigenvalue weighted by Crippen LogP contribution is -2.05. The smallest absolute Gasteiger partial charge is 0.531 e. The molecule has 0 spiro atoms. The quantitative estimate of drug-likeness (QED) is 0.398. The topological polar surface area (TPSA) is 147 Å². The Kier molecular flexibility index (Phi) is 1.68. The van der Waals surface area contributed by atoms with Gasteiger partial charge in [-0.15, -0.1) is 0 Å². The molecule has 10 nitrogen and oxygen atoms in total. The van der Waals surface area contributed by atoms with Crippen LogP contribution in [0.1, 0.15) is 0 Å². The van der Waals surface area contributed by atoms with Gasteiger partial charge < -0.3 is 20.6 Å². The van der Waals surface area contributed by atoms with Crippen LogP contribution >= 0.6 is 0 Å². The molecule has 0 atom stereocenters. The van der Waals surface area contributed by atoms with Crippen molar-refractivity contribution in [2.45, 2.75) is 0 Å². The molecule has 2 heterocycles. The first kappa shape index (κ1) is 7.92. The van der Waals surface area contributed by atoms with Gasteiger partial charge in [0.05, 0.1) is 10.2 Å². The number of hydrogen-bond donors (Lipinski definition) is 0. The molecule has 0 aromatic rings. The number of aliphatic imine (C=N–C) groups is 2. The lowest BCUT2D eigenvalue weighted by atomic mass is 10.5. The van der Waals surface area contributed by atoms with Crippen molar-refractivity contribution in [3.63, 3.8) is 0 Å². The average molecular weight is 188 g/mol. The first-order valence-electron chi connectivity index (χ1n) is 3.29. The molecular formula is C4N10. The number of azo groups is 2. The molecule has 0 aromatic heterocycles. The zero-order valence-corrected chi connectivity index (χ0v) is 6.47. The first-order chi connectivity index (χ1) is 6.83. The van der Waals surface area contributed by atoms with Crippen LogP contribution in [0.3, 0.4) is 0 Å². The predicted octanol–water partition coefficient (Wildman–Crippen LogP) is -0.113. The van der Waals surface area contributed by atoms with Crippen LogP contribution in [-0.2, 0) is 0 Å². The molecule has 0 saturated heterocycles. The average Bonchev–Trinajstić information content (AvgIpc) is 2.86. The molecule has 0 N–H and O–H groups in total. The summed E-state index contributed by atoms with van der Waals surface area (Å²) >= 11 is 0. The molecule has 0 bridgehead atoms. The van der Waals surface area contributed by atoms with Gasteiger partial charge in [-0.25, -0.2) is 0 Å². The van der Waals surface area contributed by atoms with Crippen molar-refractivity contribution in [3.8, 4) is 0 Å². The Bertz CT molecular complexity index is 456. The highest BCUT2D eigenvalue weighted by atomic mass is 15.4. The Hall–Kier alpha value is -2.70. The van der Waals surface area contributed by atoms with E-state index >= 15 is 0 Å². The van der Waals surface area contributed by atoms with E-state index in [-0.39, 0.29) is 23.6 Å². The molecule has 0 aliphatic carbocycles. The van der Waals surface area contributed by atoms with E-state index in [0.29, 0.717) is 0 Å². The summed E-state index contributed by atoms with van der Waals surface area (Å²) in [5.41, 5.74) is 16.6. The molecule has 0 radical (unpaired) electrons. The fraction of sp³-hybridized carbons (Fsp3) is 0. The van der Waals surface area contributed by atoms with Crippen molar-refractivity contribution in [1.29, 1.82) is 0 Å². The third kappa shape index (κ3) is 1.18. The van der Waals surface area contributed by atoms with E-state index in [9.17, 15) is 0 Å². The molecule has 66 valence electrons. The fourth-order valence-electron chi connectivity index (χ4n) is 0.737. The van der Waals surface area contributed by atoms with E-state index in [1.54, 1.807) is 0 Å². The monoisotopic (exact) mass is 188 g/mol. The van der Waals surface area contributed by atoms with Gasteiger partial charge in [0.2, 0.25) is 0 Å². The molecule has 2 rings (SSSR count). The van der Waals surface area contributed by atoms with Crippen molar-refractivity contribution < 1.29 is 9.58 Å². The third-order valence-electron chi connectivity index (χ3n) is 1.26. The van der Waals surface area contributed by atoms with E-state index in [2.05, 4.69) is 40.0 Å². The van der Waals surface area contributed by atoms with Gasteiger partial charge in [-0.1, -0.05) is 0 Å². The van der Waals surface area contributed by atoms with Gasteiger partial charge in [0.25, 0.3) is 0 Å². The van der Waals surface area contributed by atoms with E-state index in [1.807, 2.05) is 0 Å². The molecule has 0 unspecified atom stereocenters. The van der Waals surface area contributed by atoms with Crippen LogP contribution in [-0.4, -0.2) is 33.2 Å². The van der Waals surface area contributed by atoms with Crippen molar-refractivity contribution in [3.05, 3.63) is 11.1 Å². The zero-order valence-electron chi connectivity index (χ0n) is 6.47. The van der Waals surface area contributed by atoms with Gasteiger partial charge in [0.15, 0.2) is 0 Å². The molecule has 2 aliphatic rings. The maximum Gasteiger partial charge on any atom is 0.531 e. The second-order valence-electron chi connectivity index (χ2n) is 2.07. The highest BCUT2D eigenvalue weighted by molar-refractivity contribution is 6.45. The van der Waals surface area contributed by atoms with Crippen molar-refractivity contribution in [1.82, 2.24) is 0 Å². The van der Waals surface area contributed by atoms with Crippen LogP contribution in [0, 0.1) is 0 Å². The maximum atomic E-state index is 8.29. The summed E-state index contributed by atoms with van der Waals surface area (Å²) in [4.78, 5) is 12.7. The summed E-state index contributed by atoms with van der Waals surface area (Å²) in [6.45, 7) is 0. The zero-order chi connectivity index (χ0) is 9.97. The van der Waals surface area contributed by atoms with E-state index in [0.717, 1.165) is 0 Å². The highest BCUT2D eigenvalue weighted by Gasteiger charge is 2.33. The Labute approximate surface area is 75.7 Å². The van der Waals surface area contributed by atoms with Gasteiger partial charge in [-0.2, -0.15) is 0 Å². The second-order valence-corrected chi connectivity index (χ2v) is 2.07. The molecular weight excluding hydrogens is 188 g/mol. The number of guanidine groups is 2. The van der Waals surface area contributed by atoms with E-state index < -0.39 is 0 Å². The van der Waals surface area contributed by atoms with E-state index in [1.165, 1.54) is 0 Å². The van der Waals surface area contributed by atoms with Crippen molar-refractivity contribution >= 4 is 23.6 Å². The maximum absolute atomic E-state index is 8.29. The van der Waals surface area contributed by atoms with Crippen molar-refractivity contribution in [2.75, 3.05) is 0 Å².